The molecule has 1 atom stereocenters. The summed E-state index contributed by atoms with van der Waals surface area (Å²) in [5.41, 5.74) is -1.76. The average Bonchev–Trinajstić information content (AvgIpc) is 2.81. The highest BCUT2D eigenvalue weighted by Gasteiger charge is 2.82. The second-order valence-electron chi connectivity index (χ2n) is 4.49. The Balaban J connectivity index is 3.01. The van der Waals surface area contributed by atoms with E-state index in [-0.39, 0.29) is 11.9 Å². The molecule has 0 aromatic heterocycles. The van der Waals surface area contributed by atoms with Gasteiger partial charge in [0.25, 0.3) is 0 Å². The van der Waals surface area contributed by atoms with Gasteiger partial charge in [-0.3, -0.25) is 9.59 Å². The van der Waals surface area contributed by atoms with Crippen molar-refractivity contribution in [3.63, 3.8) is 0 Å². The Labute approximate surface area is 105 Å². The van der Waals surface area contributed by atoms with Crippen molar-refractivity contribution in [2.75, 3.05) is 26.6 Å². The van der Waals surface area contributed by atoms with Crippen LogP contribution < -0.4 is 0 Å². The van der Waals surface area contributed by atoms with Crippen LogP contribution in [0.4, 0.5) is 0 Å². The monoisotopic (exact) mass is 262 g/mol. The van der Waals surface area contributed by atoms with E-state index in [0.717, 1.165) is 0 Å². The van der Waals surface area contributed by atoms with Crippen LogP contribution in [0.5, 0.6) is 0 Å². The van der Waals surface area contributed by atoms with E-state index in [0.29, 0.717) is 5.75 Å². The molecule has 0 radical (unpaired) electrons. The van der Waals surface area contributed by atoms with Crippen molar-refractivity contribution >= 4 is 23.7 Å². The molecular weight excluding hydrogens is 244 g/mol. The topological polar surface area (TPSA) is 72.8 Å². The van der Waals surface area contributed by atoms with Gasteiger partial charge in [0, 0.05) is 16.4 Å². The smallest absolute Gasteiger partial charge is 0.325 e. The van der Waals surface area contributed by atoms with E-state index in [4.69, 9.17) is 14.6 Å². The molecule has 1 saturated carbocycles. The van der Waals surface area contributed by atoms with Gasteiger partial charge in [-0.25, -0.2) is 0 Å². The van der Waals surface area contributed by atoms with E-state index >= 15 is 0 Å². The van der Waals surface area contributed by atoms with E-state index in [1.54, 1.807) is 0 Å². The van der Waals surface area contributed by atoms with Crippen molar-refractivity contribution in [1.29, 1.82) is 0 Å². The summed E-state index contributed by atoms with van der Waals surface area (Å²) in [5, 5.41) is 8.60. The van der Waals surface area contributed by atoms with E-state index in [1.165, 1.54) is 26.0 Å². The first kappa shape index (κ1) is 14.3. The molecule has 1 fully saturated rings. The normalized spacial score (nSPS) is 23.9. The fraction of sp³-hybridized carbons (Fsp3) is 0.818. The number of rotatable bonds is 5. The number of ether oxygens (including phenoxy) is 2. The quantitative estimate of drug-likeness (QED) is 0.573. The summed E-state index contributed by atoms with van der Waals surface area (Å²) in [5.74, 6) is -0.654. The molecule has 1 aliphatic rings. The van der Waals surface area contributed by atoms with Crippen molar-refractivity contribution in [2.24, 2.45) is 10.8 Å². The predicted molar refractivity (Wildman–Crippen MR) is 63.6 cm³/mol. The van der Waals surface area contributed by atoms with Crippen molar-refractivity contribution in [2.45, 2.75) is 19.1 Å². The second kappa shape index (κ2) is 4.86. The molecule has 1 aliphatic carbocycles. The van der Waals surface area contributed by atoms with Gasteiger partial charge in [-0.05, 0) is 0 Å². The van der Waals surface area contributed by atoms with Crippen LogP contribution in [0.15, 0.2) is 0 Å². The Morgan fingerprint density at radius 2 is 1.71 bits per heavy atom. The third kappa shape index (κ3) is 1.83. The second-order valence-corrected chi connectivity index (χ2v) is 5.70. The number of hydrogen-bond donors (Lipinski definition) is 1. The maximum atomic E-state index is 11.9. The summed E-state index contributed by atoms with van der Waals surface area (Å²) in [6.07, 6.45) is 0. The number of esters is 2. The van der Waals surface area contributed by atoms with Crippen molar-refractivity contribution in [1.82, 2.24) is 0 Å². The van der Waals surface area contributed by atoms with Gasteiger partial charge in [-0.2, -0.15) is 11.8 Å². The van der Waals surface area contributed by atoms with Gasteiger partial charge in [0.15, 0.2) is 5.41 Å². The fourth-order valence-corrected chi connectivity index (χ4v) is 3.99. The lowest BCUT2D eigenvalue weighted by atomic mass is 9.96. The van der Waals surface area contributed by atoms with Crippen LogP contribution in [0.25, 0.3) is 0 Å². The van der Waals surface area contributed by atoms with Gasteiger partial charge in [0.05, 0.1) is 20.8 Å². The Kier molecular flexibility index (Phi) is 4.09. The Bertz CT molecular complexity index is 310. The number of thioether (sulfide) groups is 1. The molecule has 1 N–H and O–H groups in total. The molecule has 6 heteroatoms. The molecule has 0 bridgehead atoms. The summed E-state index contributed by atoms with van der Waals surface area (Å²) in [7, 11) is 2.52. The number of aliphatic hydroxyl groups excluding tert-OH is 1. The molecule has 0 amide bonds. The zero-order valence-corrected chi connectivity index (χ0v) is 11.3. The third-order valence-electron chi connectivity index (χ3n) is 3.37. The molecule has 1 unspecified atom stereocenters. The van der Waals surface area contributed by atoms with Crippen LogP contribution in [0.1, 0.15) is 13.8 Å². The van der Waals surface area contributed by atoms with Gasteiger partial charge in [0.2, 0.25) is 0 Å². The SMILES string of the molecule is COC(=O)C1(C(=O)OC)C(SCCO)C1(C)C. The van der Waals surface area contributed by atoms with Gasteiger partial charge in [-0.1, -0.05) is 13.8 Å². The molecule has 0 aliphatic heterocycles. The standard InChI is InChI=1S/C11H18O5S/c1-10(2)7(17-6-5-12)11(10,8(13)15-3)9(14)16-4/h7,12H,5-6H2,1-4H3. The first-order chi connectivity index (χ1) is 7.91. The highest BCUT2D eigenvalue weighted by Crippen LogP contribution is 2.69. The predicted octanol–water partition coefficient (Wildman–Crippen LogP) is 0.453. The number of carbonyl (C=O) groups is 2. The Morgan fingerprint density at radius 1 is 1.24 bits per heavy atom. The van der Waals surface area contributed by atoms with Crippen molar-refractivity contribution < 1.29 is 24.2 Å². The van der Waals surface area contributed by atoms with Crippen molar-refractivity contribution in [3.8, 4) is 0 Å². The maximum Gasteiger partial charge on any atom is 0.325 e. The van der Waals surface area contributed by atoms with Gasteiger partial charge in [-0.15, -0.1) is 0 Å². The van der Waals surface area contributed by atoms with E-state index in [9.17, 15) is 9.59 Å². The summed E-state index contributed by atoms with van der Waals surface area (Å²) in [6.45, 7) is 3.67. The largest absolute Gasteiger partial charge is 0.468 e. The van der Waals surface area contributed by atoms with Crippen molar-refractivity contribution in [3.05, 3.63) is 0 Å². The molecule has 98 valence electrons. The minimum atomic E-state index is -1.24. The van der Waals surface area contributed by atoms with E-state index in [1.807, 2.05) is 13.8 Å². The van der Waals surface area contributed by atoms with Gasteiger partial charge in [0.1, 0.15) is 0 Å². The average molecular weight is 262 g/mol. The van der Waals surface area contributed by atoms with Crippen LogP contribution >= 0.6 is 11.8 Å². The molecule has 0 aromatic carbocycles. The van der Waals surface area contributed by atoms with Crippen LogP contribution in [-0.4, -0.2) is 48.9 Å². The molecule has 0 saturated heterocycles. The summed E-state index contributed by atoms with van der Waals surface area (Å²) < 4.78 is 9.46. The van der Waals surface area contributed by atoms with Crippen LogP contribution in [0, 0.1) is 10.8 Å². The lowest BCUT2D eigenvalue weighted by molar-refractivity contribution is -0.163. The maximum absolute atomic E-state index is 11.9. The highest BCUT2D eigenvalue weighted by atomic mass is 32.2. The van der Waals surface area contributed by atoms with E-state index in [2.05, 4.69) is 0 Å². The number of hydrogen-bond acceptors (Lipinski definition) is 6. The molecule has 17 heavy (non-hydrogen) atoms. The van der Waals surface area contributed by atoms with Gasteiger partial charge < -0.3 is 14.6 Å². The lowest BCUT2D eigenvalue weighted by Gasteiger charge is -2.14. The highest BCUT2D eigenvalue weighted by molar-refractivity contribution is 8.00. The van der Waals surface area contributed by atoms with Crippen LogP contribution in [-0.2, 0) is 19.1 Å². The summed E-state index contributed by atoms with van der Waals surface area (Å²) >= 11 is 1.39. The molecule has 0 aromatic rings. The first-order valence-electron chi connectivity index (χ1n) is 5.30. The molecule has 1 rings (SSSR count). The minimum absolute atomic E-state index is 0.00960. The zero-order valence-electron chi connectivity index (χ0n) is 10.5. The summed E-state index contributed by atoms with van der Waals surface area (Å²) in [4.78, 5) is 23.8. The van der Waals surface area contributed by atoms with Crippen LogP contribution in [0.2, 0.25) is 0 Å². The molecule has 5 nitrogen and oxygen atoms in total. The lowest BCUT2D eigenvalue weighted by Crippen LogP contribution is -2.34. The zero-order chi connectivity index (χ0) is 13.3. The first-order valence-corrected chi connectivity index (χ1v) is 6.35. The number of carbonyl (C=O) groups excluding carboxylic acids is 2. The molecular formula is C11H18O5S. The molecule has 0 heterocycles. The minimum Gasteiger partial charge on any atom is -0.468 e. The Morgan fingerprint density at radius 3 is 2.06 bits per heavy atom. The third-order valence-corrected chi connectivity index (χ3v) is 5.07. The number of methoxy groups -OCH3 is 2. The van der Waals surface area contributed by atoms with Crippen LogP contribution in [0.3, 0.4) is 0 Å². The summed E-state index contributed by atoms with van der Waals surface area (Å²) in [6, 6.07) is 0. The molecule has 0 spiro atoms. The van der Waals surface area contributed by atoms with E-state index < -0.39 is 22.8 Å². The fourth-order valence-electron chi connectivity index (χ4n) is 2.37. The Hall–Kier alpha value is -0.750. The number of aliphatic hydroxyl groups is 1. The van der Waals surface area contributed by atoms with Gasteiger partial charge >= 0.3 is 11.9 Å².